The van der Waals surface area contributed by atoms with Crippen molar-refractivity contribution >= 4 is 23.2 Å². The van der Waals surface area contributed by atoms with E-state index in [0.717, 1.165) is 31.4 Å². The standard InChI is InChI=1S/C21H27N3O2.C2H6.H2/c1-3-8-16(9-4-2)23-19-13-12-15(20(22)25)14-18(19)21(26)24-17-10-6-5-7-11-17;1-2;/h5-7,10-14,16,23H,3-4,8-9H2,1-2H3,(H2,22,25)(H,24,26);1-2H3;1H. The smallest absolute Gasteiger partial charge is 0.257 e. The van der Waals surface area contributed by atoms with Crippen LogP contribution in [0.15, 0.2) is 48.5 Å². The van der Waals surface area contributed by atoms with Crippen molar-refractivity contribution in [2.45, 2.75) is 59.4 Å². The Morgan fingerprint density at radius 1 is 1.00 bits per heavy atom. The fourth-order valence-electron chi connectivity index (χ4n) is 2.94. The summed E-state index contributed by atoms with van der Waals surface area (Å²) in [4.78, 5) is 24.3. The average Bonchev–Trinajstić information content (AvgIpc) is 2.70. The molecule has 5 nitrogen and oxygen atoms in total. The number of carbonyl (C=O) groups excluding carboxylic acids is 2. The Bertz CT molecular complexity index is 745. The quantitative estimate of drug-likeness (QED) is 0.518. The number of hydrogen-bond acceptors (Lipinski definition) is 3. The zero-order valence-corrected chi connectivity index (χ0v) is 17.4. The molecule has 0 atom stereocenters. The molecular formula is C23H35N3O2. The van der Waals surface area contributed by atoms with Gasteiger partial charge in [0.05, 0.1) is 5.56 Å². The maximum atomic E-state index is 12.8. The molecule has 28 heavy (non-hydrogen) atoms. The first-order valence-corrected chi connectivity index (χ1v) is 10.1. The van der Waals surface area contributed by atoms with Crippen LogP contribution < -0.4 is 16.4 Å². The maximum absolute atomic E-state index is 12.8. The summed E-state index contributed by atoms with van der Waals surface area (Å²) >= 11 is 0. The van der Waals surface area contributed by atoms with E-state index in [1.807, 2.05) is 44.2 Å². The Kier molecular flexibility index (Phi) is 10.4. The van der Waals surface area contributed by atoms with Gasteiger partial charge >= 0.3 is 0 Å². The van der Waals surface area contributed by atoms with Crippen molar-refractivity contribution in [1.82, 2.24) is 0 Å². The van der Waals surface area contributed by atoms with E-state index in [9.17, 15) is 9.59 Å². The average molecular weight is 386 g/mol. The highest BCUT2D eigenvalue weighted by Gasteiger charge is 2.17. The molecule has 2 aromatic rings. The second-order valence-corrected chi connectivity index (χ2v) is 6.36. The molecule has 0 saturated heterocycles. The topological polar surface area (TPSA) is 84.2 Å². The van der Waals surface area contributed by atoms with Crippen molar-refractivity contribution in [3.63, 3.8) is 0 Å². The first-order chi connectivity index (χ1) is 13.5. The van der Waals surface area contributed by atoms with Crippen LogP contribution in [-0.2, 0) is 0 Å². The van der Waals surface area contributed by atoms with Gasteiger partial charge in [-0.2, -0.15) is 0 Å². The van der Waals surface area contributed by atoms with Crippen molar-refractivity contribution in [3.8, 4) is 0 Å². The van der Waals surface area contributed by atoms with E-state index in [1.165, 1.54) is 0 Å². The maximum Gasteiger partial charge on any atom is 0.257 e. The van der Waals surface area contributed by atoms with Gasteiger partial charge < -0.3 is 16.4 Å². The van der Waals surface area contributed by atoms with Gasteiger partial charge in [-0.05, 0) is 43.2 Å². The van der Waals surface area contributed by atoms with Crippen molar-refractivity contribution in [2.75, 3.05) is 10.6 Å². The summed E-state index contributed by atoms with van der Waals surface area (Å²) in [5.74, 6) is -0.822. The summed E-state index contributed by atoms with van der Waals surface area (Å²) in [6.07, 6.45) is 4.15. The van der Waals surface area contributed by atoms with E-state index in [2.05, 4.69) is 24.5 Å². The molecule has 0 saturated carbocycles. The highest BCUT2D eigenvalue weighted by atomic mass is 16.2. The number of nitrogens with one attached hydrogen (secondary N) is 2. The van der Waals surface area contributed by atoms with Crippen LogP contribution in [0.2, 0.25) is 0 Å². The van der Waals surface area contributed by atoms with Gasteiger partial charge in [0.1, 0.15) is 0 Å². The Morgan fingerprint density at radius 2 is 1.61 bits per heavy atom. The summed E-state index contributed by atoms with van der Waals surface area (Å²) in [6, 6.07) is 14.5. The molecule has 0 spiro atoms. The van der Waals surface area contributed by atoms with Gasteiger partial charge in [0.2, 0.25) is 5.91 Å². The highest BCUT2D eigenvalue weighted by molar-refractivity contribution is 6.09. The van der Waals surface area contributed by atoms with Crippen molar-refractivity contribution in [2.24, 2.45) is 5.73 Å². The number of para-hydroxylation sites is 1. The van der Waals surface area contributed by atoms with E-state index in [0.29, 0.717) is 16.8 Å². The van der Waals surface area contributed by atoms with Crippen LogP contribution in [-0.4, -0.2) is 17.9 Å². The summed E-state index contributed by atoms with van der Waals surface area (Å²) in [7, 11) is 0. The van der Waals surface area contributed by atoms with E-state index < -0.39 is 5.91 Å². The normalized spacial score (nSPS) is 10.0. The number of benzene rings is 2. The monoisotopic (exact) mass is 385 g/mol. The molecule has 4 N–H and O–H groups in total. The molecule has 154 valence electrons. The molecule has 0 heterocycles. The highest BCUT2D eigenvalue weighted by Crippen LogP contribution is 2.22. The lowest BCUT2D eigenvalue weighted by Crippen LogP contribution is -2.23. The lowest BCUT2D eigenvalue weighted by molar-refractivity contribution is 0.1000. The van der Waals surface area contributed by atoms with E-state index in [-0.39, 0.29) is 13.4 Å². The lowest BCUT2D eigenvalue weighted by Gasteiger charge is -2.21. The number of primary amides is 1. The zero-order chi connectivity index (χ0) is 20.9. The zero-order valence-electron chi connectivity index (χ0n) is 17.4. The van der Waals surface area contributed by atoms with Crippen LogP contribution in [0.1, 0.15) is 75.5 Å². The molecule has 2 aromatic carbocycles. The van der Waals surface area contributed by atoms with Crippen LogP contribution in [0.25, 0.3) is 0 Å². The lowest BCUT2D eigenvalue weighted by atomic mass is 10.0. The van der Waals surface area contributed by atoms with Gasteiger partial charge in [-0.15, -0.1) is 0 Å². The number of hydrogen-bond donors (Lipinski definition) is 3. The van der Waals surface area contributed by atoms with E-state index in [4.69, 9.17) is 5.73 Å². The van der Waals surface area contributed by atoms with Gasteiger partial charge in [-0.1, -0.05) is 58.7 Å². The minimum Gasteiger partial charge on any atom is -0.382 e. The van der Waals surface area contributed by atoms with Gasteiger partial charge in [0.25, 0.3) is 5.91 Å². The molecule has 2 amide bonds. The first-order valence-electron chi connectivity index (χ1n) is 10.1. The van der Waals surface area contributed by atoms with Crippen LogP contribution in [0.5, 0.6) is 0 Å². The summed E-state index contributed by atoms with van der Waals surface area (Å²) in [5.41, 5.74) is 7.54. The third-order valence-corrected chi connectivity index (χ3v) is 4.21. The summed E-state index contributed by atoms with van der Waals surface area (Å²) in [6.45, 7) is 8.28. The number of rotatable bonds is 9. The third kappa shape index (κ3) is 7.06. The van der Waals surface area contributed by atoms with Gasteiger partial charge in [-0.25, -0.2) is 0 Å². The Morgan fingerprint density at radius 3 is 2.14 bits per heavy atom. The number of anilines is 2. The molecule has 0 aromatic heterocycles. The Balaban J connectivity index is 0.00000253. The fraction of sp³-hybridized carbons (Fsp3) is 0.391. The van der Waals surface area contributed by atoms with Gasteiger partial charge in [0.15, 0.2) is 0 Å². The van der Waals surface area contributed by atoms with E-state index in [1.54, 1.807) is 18.2 Å². The molecule has 0 unspecified atom stereocenters. The van der Waals surface area contributed by atoms with Crippen molar-refractivity contribution < 1.29 is 11.0 Å². The Labute approximate surface area is 170 Å². The largest absolute Gasteiger partial charge is 0.382 e. The predicted octanol–water partition coefficient (Wildman–Crippen LogP) is 5.69. The second kappa shape index (κ2) is 12.5. The minimum atomic E-state index is -0.552. The van der Waals surface area contributed by atoms with E-state index >= 15 is 0 Å². The third-order valence-electron chi connectivity index (χ3n) is 4.21. The number of amides is 2. The molecule has 0 aliphatic heterocycles. The van der Waals surface area contributed by atoms with Crippen molar-refractivity contribution in [1.29, 1.82) is 0 Å². The Hall–Kier alpha value is -2.82. The minimum absolute atomic E-state index is 0. The molecule has 0 aliphatic carbocycles. The molecule has 0 bridgehead atoms. The molecular weight excluding hydrogens is 350 g/mol. The number of nitrogens with two attached hydrogens (primary N) is 1. The van der Waals surface area contributed by atoms with Crippen LogP contribution in [0.4, 0.5) is 11.4 Å². The van der Waals surface area contributed by atoms with Crippen LogP contribution in [0.3, 0.4) is 0 Å². The van der Waals surface area contributed by atoms with Crippen LogP contribution >= 0.6 is 0 Å². The number of carbonyl (C=O) groups is 2. The SMILES string of the molecule is CC.CCCC(CCC)Nc1ccc(C(N)=O)cc1C(=O)Nc1ccccc1.[HH]. The fourth-order valence-corrected chi connectivity index (χ4v) is 2.94. The molecule has 0 radical (unpaired) electrons. The first kappa shape index (κ1) is 23.2. The molecule has 0 aliphatic rings. The second-order valence-electron chi connectivity index (χ2n) is 6.36. The molecule has 5 heteroatoms. The van der Waals surface area contributed by atoms with Crippen LogP contribution in [0, 0.1) is 0 Å². The van der Waals surface area contributed by atoms with Gasteiger partial charge in [-0.3, -0.25) is 9.59 Å². The van der Waals surface area contributed by atoms with Crippen molar-refractivity contribution in [3.05, 3.63) is 59.7 Å². The molecule has 2 rings (SSSR count). The summed E-state index contributed by atoms with van der Waals surface area (Å²) in [5, 5.41) is 6.34. The van der Waals surface area contributed by atoms with Gasteiger partial charge in [0, 0.05) is 24.4 Å². The predicted molar refractivity (Wildman–Crippen MR) is 120 cm³/mol. The molecule has 0 fully saturated rings. The summed E-state index contributed by atoms with van der Waals surface area (Å²) < 4.78 is 0.